The molecule has 0 bridgehead atoms. The van der Waals surface area contributed by atoms with Crippen LogP contribution in [0.4, 0.5) is 21.5 Å². The number of anilines is 3. The van der Waals surface area contributed by atoms with E-state index in [4.69, 9.17) is 0 Å². The summed E-state index contributed by atoms with van der Waals surface area (Å²) in [4.78, 5) is 90.3. The number of hydrogen-bond acceptors (Lipinski definition) is 7. The molecular formula is C54H56FN7O6. The van der Waals surface area contributed by atoms with Crippen LogP contribution in [0.15, 0.2) is 133 Å². The number of halogens is 1. The van der Waals surface area contributed by atoms with Gasteiger partial charge in [-0.3, -0.25) is 28.8 Å². The number of likely N-dealkylation sites (tertiary alicyclic amines) is 4. The first-order valence-corrected chi connectivity index (χ1v) is 23.7. The Bertz CT molecular complexity index is 2460. The number of amides is 6. The summed E-state index contributed by atoms with van der Waals surface area (Å²) < 4.78 is 14.1. The lowest BCUT2D eigenvalue weighted by atomic mass is 10.0. The normalized spacial score (nSPS) is 19.0. The molecule has 13 nitrogen and oxygen atoms in total. The van der Waals surface area contributed by atoms with E-state index < -0.39 is 24.2 Å². The van der Waals surface area contributed by atoms with E-state index in [9.17, 15) is 33.2 Å². The van der Waals surface area contributed by atoms with Gasteiger partial charge in [0.2, 0.25) is 23.6 Å². The van der Waals surface area contributed by atoms with Gasteiger partial charge in [-0.1, -0.05) is 84.9 Å². The van der Waals surface area contributed by atoms with E-state index in [0.29, 0.717) is 102 Å². The van der Waals surface area contributed by atoms with Gasteiger partial charge in [0.25, 0.3) is 11.8 Å². The fourth-order valence-electron chi connectivity index (χ4n) is 10.2. The number of benzene rings is 5. The van der Waals surface area contributed by atoms with Gasteiger partial charge in [0.15, 0.2) is 0 Å². The lowest BCUT2D eigenvalue weighted by Crippen LogP contribution is -2.49. The van der Waals surface area contributed by atoms with E-state index in [0.717, 1.165) is 27.9 Å². The lowest BCUT2D eigenvalue weighted by Gasteiger charge is -2.33. The van der Waals surface area contributed by atoms with Gasteiger partial charge in [0, 0.05) is 69.2 Å². The Hall–Kier alpha value is -7.35. The molecular weight excluding hydrogens is 862 g/mol. The summed E-state index contributed by atoms with van der Waals surface area (Å²) >= 11 is 0. The monoisotopic (exact) mass is 917 g/mol. The minimum atomic E-state index is -0.776. The Labute approximate surface area is 395 Å². The SMILES string of the molecule is O=C(Nc1ccc(CN(Cc2ccc(NC(=O)C3CCCN3C(=O)C(c3ccccc3)N3CCCC3=O)cc2)c2ccc(F)cc2)cc1)C1CCCN1C(=O)C(c1ccccc1)N1CCCC1=O. The number of hydrogen-bond donors (Lipinski definition) is 2. The molecule has 0 saturated carbocycles. The van der Waals surface area contributed by atoms with Crippen LogP contribution in [0.25, 0.3) is 0 Å². The highest BCUT2D eigenvalue weighted by Gasteiger charge is 2.43. The Morgan fingerprint density at radius 1 is 0.529 bits per heavy atom. The van der Waals surface area contributed by atoms with Gasteiger partial charge in [-0.15, -0.1) is 0 Å². The Morgan fingerprint density at radius 2 is 0.941 bits per heavy atom. The van der Waals surface area contributed by atoms with Crippen LogP contribution in [0.3, 0.4) is 0 Å². The zero-order chi connectivity index (χ0) is 47.1. The van der Waals surface area contributed by atoms with Crippen molar-refractivity contribution in [3.05, 3.63) is 162 Å². The van der Waals surface area contributed by atoms with Crippen molar-refractivity contribution in [1.29, 1.82) is 0 Å². The van der Waals surface area contributed by atoms with Gasteiger partial charge in [-0.25, -0.2) is 4.39 Å². The molecule has 4 aliphatic heterocycles. The Balaban J connectivity index is 0.837. The van der Waals surface area contributed by atoms with Crippen LogP contribution in [-0.2, 0) is 41.9 Å². The molecule has 14 heteroatoms. The maximum absolute atomic E-state index is 14.2. The first-order valence-electron chi connectivity index (χ1n) is 23.7. The smallest absolute Gasteiger partial charge is 0.250 e. The quantitative estimate of drug-likeness (QED) is 0.110. The van der Waals surface area contributed by atoms with Crippen molar-refractivity contribution in [1.82, 2.24) is 19.6 Å². The van der Waals surface area contributed by atoms with E-state index in [1.807, 2.05) is 109 Å². The molecule has 9 rings (SSSR count). The van der Waals surface area contributed by atoms with Crippen molar-refractivity contribution in [3.8, 4) is 0 Å². The van der Waals surface area contributed by atoms with Crippen molar-refractivity contribution in [2.45, 2.75) is 88.6 Å². The largest absolute Gasteiger partial charge is 0.363 e. The van der Waals surface area contributed by atoms with Gasteiger partial charge in [0.1, 0.15) is 30.0 Å². The van der Waals surface area contributed by atoms with Crippen LogP contribution in [0.1, 0.15) is 85.7 Å². The van der Waals surface area contributed by atoms with E-state index in [1.54, 1.807) is 31.7 Å². The fraction of sp³-hybridized carbons (Fsp3) is 0.333. The molecule has 2 N–H and O–H groups in total. The molecule has 4 heterocycles. The summed E-state index contributed by atoms with van der Waals surface area (Å²) in [6, 6.07) is 37.0. The van der Waals surface area contributed by atoms with Crippen LogP contribution in [-0.4, -0.2) is 93.3 Å². The third-order valence-corrected chi connectivity index (χ3v) is 13.6. The maximum atomic E-state index is 14.2. The standard InChI is InChI=1S/C54H56FN7O6/c55-41-23-29-44(30-24-41)58(35-37-19-25-42(26-20-37)56-51(65)45-15-7-31-59(45)53(67)49(39-11-3-1-4-12-39)61-33-9-17-47(61)63)36-38-21-27-43(28-22-38)57-52(66)46-16-8-32-60(46)54(68)50(40-13-5-2-6-14-40)62-34-10-18-48(62)64/h1-6,11-14,19-30,45-46,49-50H,7-10,15-18,31-36H2,(H,56,65)(H,57,66). The van der Waals surface area contributed by atoms with Crippen LogP contribution in [0, 0.1) is 5.82 Å². The molecule has 4 atom stereocenters. The van der Waals surface area contributed by atoms with Gasteiger partial charge >= 0.3 is 0 Å². The lowest BCUT2D eigenvalue weighted by molar-refractivity contribution is -0.146. The highest BCUT2D eigenvalue weighted by Crippen LogP contribution is 2.34. The van der Waals surface area contributed by atoms with E-state index in [2.05, 4.69) is 15.5 Å². The molecule has 350 valence electrons. The third kappa shape index (κ3) is 10.1. The minimum absolute atomic E-state index is 0.0565. The van der Waals surface area contributed by atoms with Crippen LogP contribution in [0.2, 0.25) is 0 Å². The number of rotatable bonds is 15. The summed E-state index contributed by atoms with van der Waals surface area (Å²) in [6.07, 6.45) is 4.58. The van der Waals surface area contributed by atoms with Gasteiger partial charge in [-0.05, 0) is 109 Å². The van der Waals surface area contributed by atoms with Crippen molar-refractivity contribution in [3.63, 3.8) is 0 Å². The second-order valence-electron chi connectivity index (χ2n) is 18.1. The molecule has 68 heavy (non-hydrogen) atoms. The molecule has 5 aromatic rings. The van der Waals surface area contributed by atoms with Crippen LogP contribution >= 0.6 is 0 Å². The molecule has 4 fully saturated rings. The highest BCUT2D eigenvalue weighted by molar-refractivity contribution is 6.00. The predicted octanol–water partition coefficient (Wildman–Crippen LogP) is 7.62. The number of nitrogens with zero attached hydrogens (tertiary/aromatic N) is 5. The van der Waals surface area contributed by atoms with Crippen molar-refractivity contribution < 1.29 is 33.2 Å². The van der Waals surface area contributed by atoms with E-state index in [1.165, 1.54) is 12.1 Å². The summed E-state index contributed by atoms with van der Waals surface area (Å²) in [5.41, 5.74) is 5.31. The number of carbonyl (C=O) groups is 6. The van der Waals surface area contributed by atoms with E-state index in [-0.39, 0.29) is 41.3 Å². The van der Waals surface area contributed by atoms with Gasteiger partial charge in [-0.2, -0.15) is 0 Å². The average Bonchev–Trinajstić information content (AvgIpc) is 4.21. The minimum Gasteiger partial charge on any atom is -0.363 e. The van der Waals surface area contributed by atoms with Crippen molar-refractivity contribution in [2.75, 3.05) is 41.7 Å². The molecule has 0 aliphatic carbocycles. The molecule has 0 radical (unpaired) electrons. The summed E-state index contributed by atoms with van der Waals surface area (Å²) in [6.45, 7) is 2.77. The summed E-state index contributed by atoms with van der Waals surface area (Å²) in [5.74, 6) is -1.51. The van der Waals surface area contributed by atoms with Gasteiger partial charge in [0.05, 0.1) is 0 Å². The van der Waals surface area contributed by atoms with Crippen molar-refractivity contribution >= 4 is 52.5 Å². The van der Waals surface area contributed by atoms with E-state index >= 15 is 0 Å². The average molecular weight is 918 g/mol. The van der Waals surface area contributed by atoms with Crippen molar-refractivity contribution in [2.24, 2.45) is 0 Å². The topological polar surface area (TPSA) is 143 Å². The molecule has 0 aromatic heterocycles. The summed E-state index contributed by atoms with van der Waals surface area (Å²) in [7, 11) is 0. The fourth-order valence-corrected chi connectivity index (χ4v) is 10.2. The molecule has 4 saturated heterocycles. The second-order valence-corrected chi connectivity index (χ2v) is 18.1. The van der Waals surface area contributed by atoms with Gasteiger partial charge < -0.3 is 35.1 Å². The molecule has 0 spiro atoms. The molecule has 5 aromatic carbocycles. The first kappa shape index (κ1) is 45.8. The number of nitrogens with one attached hydrogen (secondary N) is 2. The first-order chi connectivity index (χ1) is 33.1. The predicted molar refractivity (Wildman–Crippen MR) is 256 cm³/mol. The number of carbonyl (C=O) groups excluding carboxylic acids is 6. The van der Waals surface area contributed by atoms with Crippen LogP contribution < -0.4 is 15.5 Å². The second kappa shape index (κ2) is 20.7. The highest BCUT2D eigenvalue weighted by atomic mass is 19.1. The zero-order valence-electron chi connectivity index (χ0n) is 38.0. The molecule has 4 unspecified atom stereocenters. The Kier molecular flexibility index (Phi) is 13.9. The van der Waals surface area contributed by atoms with Crippen LogP contribution in [0.5, 0.6) is 0 Å². The molecule has 6 amide bonds. The Morgan fingerprint density at radius 3 is 1.32 bits per heavy atom. The molecule has 4 aliphatic rings. The zero-order valence-corrected chi connectivity index (χ0v) is 38.0. The maximum Gasteiger partial charge on any atom is 0.250 e. The summed E-state index contributed by atoms with van der Waals surface area (Å²) in [5, 5.41) is 6.04. The third-order valence-electron chi connectivity index (χ3n) is 13.6.